The van der Waals surface area contributed by atoms with Crippen LogP contribution < -0.4 is 5.32 Å². The van der Waals surface area contributed by atoms with E-state index in [0.29, 0.717) is 34.1 Å². The number of carbonyl (C=O) groups is 2. The van der Waals surface area contributed by atoms with Crippen LogP contribution in [0.5, 0.6) is 0 Å². The maximum atomic E-state index is 12.3. The molecule has 0 aliphatic carbocycles. The number of methoxy groups -OCH3 is 1. The first-order chi connectivity index (χ1) is 10.4. The number of amides is 1. The normalized spacial score (nSPS) is 10.4. The molecular formula is C16H17ClN2O3. The number of nitrogens with one attached hydrogen (secondary N) is 2. The fraction of sp³-hybridized carbons (Fsp3) is 0.250. The van der Waals surface area contributed by atoms with Crippen molar-refractivity contribution in [3.05, 3.63) is 57.4 Å². The van der Waals surface area contributed by atoms with E-state index >= 15 is 0 Å². The van der Waals surface area contributed by atoms with Crippen molar-refractivity contribution in [3.8, 4) is 0 Å². The van der Waals surface area contributed by atoms with Gasteiger partial charge < -0.3 is 15.0 Å². The molecule has 0 saturated carbocycles. The molecular weight excluding hydrogens is 304 g/mol. The van der Waals surface area contributed by atoms with Crippen molar-refractivity contribution in [2.24, 2.45) is 0 Å². The molecule has 22 heavy (non-hydrogen) atoms. The molecule has 2 rings (SSSR count). The Kier molecular flexibility index (Phi) is 4.88. The highest BCUT2D eigenvalue weighted by Gasteiger charge is 2.22. The summed E-state index contributed by atoms with van der Waals surface area (Å²) in [6.07, 6.45) is 0. The molecule has 0 radical (unpaired) electrons. The standard InChI is InChI=1S/C16H17ClN2O3/c1-9-13(16(21)22-3)10(2)19-14(9)15(20)18-8-11-4-6-12(17)7-5-11/h4-7,19H,8H2,1-3H3,(H,18,20). The molecule has 1 aromatic carbocycles. The highest BCUT2D eigenvalue weighted by molar-refractivity contribution is 6.30. The summed E-state index contributed by atoms with van der Waals surface area (Å²) in [5.74, 6) is -0.728. The van der Waals surface area contributed by atoms with Crippen LogP contribution in [0.25, 0.3) is 0 Å². The molecule has 2 N–H and O–H groups in total. The number of H-pyrrole nitrogens is 1. The predicted octanol–water partition coefficient (Wildman–Crippen LogP) is 3.00. The van der Waals surface area contributed by atoms with E-state index in [2.05, 4.69) is 10.3 Å². The molecule has 6 heteroatoms. The lowest BCUT2D eigenvalue weighted by Crippen LogP contribution is -2.24. The zero-order valence-corrected chi connectivity index (χ0v) is 13.4. The molecule has 0 bridgehead atoms. The molecule has 1 amide bonds. The number of halogens is 1. The van der Waals surface area contributed by atoms with E-state index in [-0.39, 0.29) is 5.91 Å². The van der Waals surface area contributed by atoms with Crippen LogP contribution in [0.1, 0.15) is 37.7 Å². The van der Waals surface area contributed by atoms with Gasteiger partial charge >= 0.3 is 5.97 Å². The van der Waals surface area contributed by atoms with Crippen molar-refractivity contribution in [2.45, 2.75) is 20.4 Å². The van der Waals surface area contributed by atoms with Crippen molar-refractivity contribution in [2.75, 3.05) is 7.11 Å². The van der Waals surface area contributed by atoms with E-state index in [1.807, 2.05) is 12.1 Å². The summed E-state index contributed by atoms with van der Waals surface area (Å²) in [4.78, 5) is 26.9. The Hall–Kier alpha value is -2.27. The van der Waals surface area contributed by atoms with Gasteiger partial charge in [0.05, 0.1) is 12.7 Å². The summed E-state index contributed by atoms with van der Waals surface area (Å²) in [6, 6.07) is 7.22. The van der Waals surface area contributed by atoms with Crippen LogP contribution in [0.3, 0.4) is 0 Å². The van der Waals surface area contributed by atoms with Crippen LogP contribution in [0, 0.1) is 13.8 Å². The monoisotopic (exact) mass is 320 g/mol. The quantitative estimate of drug-likeness (QED) is 0.851. The second kappa shape index (κ2) is 6.66. The average molecular weight is 321 g/mol. The van der Waals surface area contributed by atoms with Gasteiger partial charge in [0, 0.05) is 17.3 Å². The maximum Gasteiger partial charge on any atom is 0.339 e. The molecule has 1 aromatic heterocycles. The minimum absolute atomic E-state index is 0.272. The van der Waals surface area contributed by atoms with Gasteiger partial charge in [-0.05, 0) is 37.1 Å². The Morgan fingerprint density at radius 3 is 2.45 bits per heavy atom. The van der Waals surface area contributed by atoms with Gasteiger partial charge in [-0.25, -0.2) is 4.79 Å². The van der Waals surface area contributed by atoms with Gasteiger partial charge in [-0.3, -0.25) is 4.79 Å². The third-order valence-corrected chi connectivity index (χ3v) is 3.67. The second-order valence-electron chi connectivity index (χ2n) is 4.93. The van der Waals surface area contributed by atoms with Crippen LogP contribution in [0.2, 0.25) is 5.02 Å². The van der Waals surface area contributed by atoms with Gasteiger partial charge in [-0.15, -0.1) is 0 Å². The highest BCUT2D eigenvalue weighted by Crippen LogP contribution is 2.19. The van der Waals surface area contributed by atoms with Crippen LogP contribution in [0.15, 0.2) is 24.3 Å². The number of aromatic nitrogens is 1. The molecule has 1 heterocycles. The number of benzene rings is 1. The number of hydrogen-bond acceptors (Lipinski definition) is 3. The van der Waals surface area contributed by atoms with Gasteiger partial charge in [-0.2, -0.15) is 0 Å². The maximum absolute atomic E-state index is 12.3. The zero-order chi connectivity index (χ0) is 16.3. The fourth-order valence-electron chi connectivity index (χ4n) is 2.26. The summed E-state index contributed by atoms with van der Waals surface area (Å²) >= 11 is 5.82. The third-order valence-electron chi connectivity index (χ3n) is 3.42. The van der Waals surface area contributed by atoms with Crippen molar-refractivity contribution in [3.63, 3.8) is 0 Å². The Labute approximate surface area is 133 Å². The fourth-order valence-corrected chi connectivity index (χ4v) is 2.38. The topological polar surface area (TPSA) is 71.2 Å². The Balaban J connectivity index is 2.13. The second-order valence-corrected chi connectivity index (χ2v) is 5.36. The molecule has 0 saturated heterocycles. The first-order valence-corrected chi connectivity index (χ1v) is 7.12. The molecule has 0 unspecified atom stereocenters. The minimum atomic E-state index is -0.456. The van der Waals surface area contributed by atoms with E-state index < -0.39 is 5.97 Å². The number of hydrogen-bond donors (Lipinski definition) is 2. The molecule has 0 spiro atoms. The molecule has 0 aliphatic rings. The number of aromatic amines is 1. The van der Waals surface area contributed by atoms with Crippen LogP contribution >= 0.6 is 11.6 Å². The van der Waals surface area contributed by atoms with Crippen molar-refractivity contribution >= 4 is 23.5 Å². The van der Waals surface area contributed by atoms with Crippen molar-refractivity contribution < 1.29 is 14.3 Å². The number of ether oxygens (including phenoxy) is 1. The predicted molar refractivity (Wildman–Crippen MR) is 84.2 cm³/mol. The van der Waals surface area contributed by atoms with Gasteiger partial charge in [0.15, 0.2) is 0 Å². The van der Waals surface area contributed by atoms with Crippen molar-refractivity contribution in [1.82, 2.24) is 10.3 Å². The lowest BCUT2D eigenvalue weighted by molar-refractivity contribution is 0.0599. The van der Waals surface area contributed by atoms with Gasteiger partial charge in [-0.1, -0.05) is 23.7 Å². The number of carbonyl (C=O) groups excluding carboxylic acids is 2. The van der Waals surface area contributed by atoms with Gasteiger partial charge in [0.25, 0.3) is 5.91 Å². The molecule has 0 fully saturated rings. The van der Waals surface area contributed by atoms with E-state index in [4.69, 9.17) is 16.3 Å². The van der Waals surface area contributed by atoms with Crippen LogP contribution in [-0.2, 0) is 11.3 Å². The van der Waals surface area contributed by atoms with E-state index in [1.54, 1.807) is 26.0 Å². The summed E-state index contributed by atoms with van der Waals surface area (Å²) in [6.45, 7) is 3.82. The number of rotatable bonds is 4. The minimum Gasteiger partial charge on any atom is -0.465 e. The van der Waals surface area contributed by atoms with Crippen molar-refractivity contribution in [1.29, 1.82) is 0 Å². The lowest BCUT2D eigenvalue weighted by Gasteiger charge is -2.05. The molecule has 0 aliphatic heterocycles. The number of esters is 1. The first kappa shape index (κ1) is 16.1. The van der Waals surface area contributed by atoms with Gasteiger partial charge in [0.2, 0.25) is 0 Å². The lowest BCUT2D eigenvalue weighted by atomic mass is 10.1. The van der Waals surface area contributed by atoms with E-state index in [0.717, 1.165) is 5.56 Å². The van der Waals surface area contributed by atoms with E-state index in [1.165, 1.54) is 7.11 Å². The molecule has 116 valence electrons. The molecule has 0 atom stereocenters. The first-order valence-electron chi connectivity index (χ1n) is 6.74. The highest BCUT2D eigenvalue weighted by atomic mass is 35.5. The summed E-state index contributed by atoms with van der Waals surface area (Å²) in [5.41, 5.74) is 2.90. The largest absolute Gasteiger partial charge is 0.465 e. The molecule has 2 aromatic rings. The Bertz CT molecular complexity index is 705. The SMILES string of the molecule is COC(=O)c1c(C)[nH]c(C(=O)NCc2ccc(Cl)cc2)c1C. The van der Waals surface area contributed by atoms with Crippen LogP contribution in [0.4, 0.5) is 0 Å². The zero-order valence-electron chi connectivity index (χ0n) is 12.6. The Morgan fingerprint density at radius 2 is 1.86 bits per heavy atom. The number of aryl methyl sites for hydroxylation is 1. The summed E-state index contributed by atoms with van der Waals surface area (Å²) in [5, 5.41) is 3.45. The summed E-state index contributed by atoms with van der Waals surface area (Å²) in [7, 11) is 1.31. The van der Waals surface area contributed by atoms with Crippen LogP contribution in [-0.4, -0.2) is 24.0 Å². The average Bonchev–Trinajstić information content (AvgIpc) is 2.80. The Morgan fingerprint density at radius 1 is 1.23 bits per heavy atom. The third kappa shape index (κ3) is 3.31. The summed E-state index contributed by atoms with van der Waals surface area (Å²) < 4.78 is 4.73. The van der Waals surface area contributed by atoms with E-state index in [9.17, 15) is 9.59 Å². The smallest absolute Gasteiger partial charge is 0.339 e. The van der Waals surface area contributed by atoms with Gasteiger partial charge in [0.1, 0.15) is 5.69 Å². The molecule has 5 nitrogen and oxygen atoms in total.